The van der Waals surface area contributed by atoms with Crippen LogP contribution in [0.1, 0.15) is 36.4 Å². The number of carbonyl (C=O) groups is 1. The Kier molecular flexibility index (Phi) is 7.80. The molecule has 2 N–H and O–H groups in total. The SMILES string of the molecule is COc1ccc(S(=O)(=O)NC(CCSC)C(=O)NC2CCCc3ccccc32)cc1. The van der Waals surface area contributed by atoms with E-state index in [1.165, 1.54) is 24.8 Å². The van der Waals surface area contributed by atoms with Gasteiger partial charge in [0.25, 0.3) is 0 Å². The van der Waals surface area contributed by atoms with E-state index in [1.807, 2.05) is 24.5 Å². The first-order chi connectivity index (χ1) is 14.4. The van der Waals surface area contributed by atoms with E-state index in [9.17, 15) is 13.2 Å². The van der Waals surface area contributed by atoms with Crippen molar-refractivity contribution in [3.63, 3.8) is 0 Å². The molecular formula is C22H28N2O4S2. The minimum absolute atomic E-state index is 0.0929. The molecule has 0 saturated heterocycles. The average Bonchev–Trinajstić information content (AvgIpc) is 2.76. The Hall–Kier alpha value is -2.03. The van der Waals surface area contributed by atoms with Gasteiger partial charge in [0.15, 0.2) is 0 Å². The van der Waals surface area contributed by atoms with E-state index in [0.717, 1.165) is 24.8 Å². The van der Waals surface area contributed by atoms with Gasteiger partial charge in [0.05, 0.1) is 18.0 Å². The first kappa shape index (κ1) is 22.7. The molecule has 3 rings (SSSR count). The lowest BCUT2D eigenvalue weighted by atomic mass is 9.87. The number of ether oxygens (including phenoxy) is 1. The standard InChI is InChI=1S/C22H28N2O4S2/c1-28-17-10-12-18(13-11-17)30(26,27)24-21(14-15-29-2)22(25)23-20-9-5-7-16-6-3-4-8-19(16)20/h3-4,6,8,10-13,20-21,24H,5,7,9,14-15H2,1-2H3,(H,23,25). The van der Waals surface area contributed by atoms with Crippen LogP contribution in [0.2, 0.25) is 0 Å². The number of nitrogens with one attached hydrogen (secondary N) is 2. The van der Waals surface area contributed by atoms with Gasteiger partial charge in [0.1, 0.15) is 11.8 Å². The van der Waals surface area contributed by atoms with Crippen LogP contribution < -0.4 is 14.8 Å². The summed E-state index contributed by atoms with van der Waals surface area (Å²) in [5.74, 6) is 0.953. The van der Waals surface area contributed by atoms with Gasteiger partial charge >= 0.3 is 0 Å². The monoisotopic (exact) mass is 448 g/mol. The van der Waals surface area contributed by atoms with Crippen molar-refractivity contribution in [1.29, 1.82) is 0 Å². The number of methoxy groups -OCH3 is 1. The van der Waals surface area contributed by atoms with Crippen molar-refractivity contribution in [2.75, 3.05) is 19.1 Å². The molecule has 0 aliphatic heterocycles. The lowest BCUT2D eigenvalue weighted by Gasteiger charge is -2.28. The molecule has 0 spiro atoms. The number of thioether (sulfide) groups is 1. The summed E-state index contributed by atoms with van der Waals surface area (Å²) >= 11 is 1.58. The molecule has 30 heavy (non-hydrogen) atoms. The number of carbonyl (C=O) groups excluding carboxylic acids is 1. The van der Waals surface area contributed by atoms with E-state index in [4.69, 9.17) is 4.74 Å². The molecule has 2 aromatic rings. The Balaban J connectivity index is 1.75. The van der Waals surface area contributed by atoms with Crippen LogP contribution >= 0.6 is 11.8 Å². The highest BCUT2D eigenvalue weighted by atomic mass is 32.2. The normalized spacial score (nSPS) is 17.1. The summed E-state index contributed by atoms with van der Waals surface area (Å²) in [5, 5.41) is 3.08. The largest absolute Gasteiger partial charge is 0.497 e. The maximum absolute atomic E-state index is 13.1. The van der Waals surface area contributed by atoms with Crippen LogP contribution in [-0.4, -0.2) is 39.5 Å². The summed E-state index contributed by atoms with van der Waals surface area (Å²) in [7, 11) is -2.32. The van der Waals surface area contributed by atoms with Gasteiger partial charge in [-0.1, -0.05) is 24.3 Å². The Labute approximate surface area is 182 Å². The summed E-state index contributed by atoms with van der Waals surface area (Å²) in [4.78, 5) is 13.2. The zero-order valence-electron chi connectivity index (χ0n) is 17.3. The van der Waals surface area contributed by atoms with Gasteiger partial charge < -0.3 is 10.1 Å². The molecule has 0 aromatic heterocycles. The quantitative estimate of drug-likeness (QED) is 0.615. The predicted octanol–water partition coefficient (Wildman–Crippen LogP) is 3.29. The molecule has 1 aliphatic rings. The van der Waals surface area contributed by atoms with Crippen LogP contribution in [-0.2, 0) is 21.2 Å². The second-order valence-corrected chi connectivity index (χ2v) is 9.98. The van der Waals surface area contributed by atoms with E-state index in [1.54, 1.807) is 23.9 Å². The third kappa shape index (κ3) is 5.56. The third-order valence-electron chi connectivity index (χ3n) is 5.28. The Morgan fingerprint density at radius 2 is 1.93 bits per heavy atom. The van der Waals surface area contributed by atoms with Crippen LogP contribution in [0.4, 0.5) is 0 Å². The van der Waals surface area contributed by atoms with Crippen molar-refractivity contribution in [1.82, 2.24) is 10.0 Å². The number of hydrogen-bond donors (Lipinski definition) is 2. The molecule has 2 aromatic carbocycles. The van der Waals surface area contributed by atoms with Crippen LogP contribution in [0.15, 0.2) is 53.4 Å². The van der Waals surface area contributed by atoms with Crippen LogP contribution in [0.5, 0.6) is 5.75 Å². The lowest BCUT2D eigenvalue weighted by molar-refractivity contribution is -0.123. The zero-order valence-corrected chi connectivity index (χ0v) is 18.9. The predicted molar refractivity (Wildman–Crippen MR) is 120 cm³/mol. The van der Waals surface area contributed by atoms with Crippen LogP contribution in [0, 0.1) is 0 Å². The number of hydrogen-bond acceptors (Lipinski definition) is 5. The highest BCUT2D eigenvalue weighted by molar-refractivity contribution is 7.98. The Morgan fingerprint density at radius 3 is 2.63 bits per heavy atom. The number of aryl methyl sites for hydroxylation is 1. The summed E-state index contributed by atoms with van der Waals surface area (Å²) in [6, 6.07) is 13.3. The van der Waals surface area contributed by atoms with Gasteiger partial charge in [-0.3, -0.25) is 4.79 Å². The van der Waals surface area contributed by atoms with E-state index in [-0.39, 0.29) is 16.8 Å². The number of amides is 1. The summed E-state index contributed by atoms with van der Waals surface area (Å²) < 4.78 is 33.4. The molecule has 1 amide bonds. The van der Waals surface area contributed by atoms with Gasteiger partial charge in [0, 0.05) is 0 Å². The highest BCUT2D eigenvalue weighted by Crippen LogP contribution is 2.29. The maximum atomic E-state index is 13.1. The molecule has 162 valence electrons. The van der Waals surface area contributed by atoms with E-state index in [0.29, 0.717) is 17.9 Å². The maximum Gasteiger partial charge on any atom is 0.241 e. The van der Waals surface area contributed by atoms with Gasteiger partial charge in [-0.05, 0) is 73.1 Å². The summed E-state index contributed by atoms with van der Waals surface area (Å²) in [6.07, 6.45) is 5.20. The fraction of sp³-hybridized carbons (Fsp3) is 0.409. The van der Waals surface area contributed by atoms with Gasteiger partial charge in [-0.25, -0.2) is 8.42 Å². The number of sulfonamides is 1. The molecule has 0 saturated carbocycles. The molecule has 2 atom stereocenters. The zero-order chi connectivity index (χ0) is 21.6. The molecule has 0 bridgehead atoms. The minimum Gasteiger partial charge on any atom is -0.497 e. The molecule has 0 heterocycles. The van der Waals surface area contributed by atoms with Crippen molar-refractivity contribution < 1.29 is 17.9 Å². The van der Waals surface area contributed by atoms with E-state index in [2.05, 4.69) is 16.1 Å². The van der Waals surface area contributed by atoms with Gasteiger partial charge in [-0.15, -0.1) is 0 Å². The number of benzene rings is 2. The number of fused-ring (bicyclic) bond motifs is 1. The van der Waals surface area contributed by atoms with Crippen molar-refractivity contribution in [2.45, 2.75) is 42.7 Å². The van der Waals surface area contributed by atoms with Gasteiger partial charge in [0.2, 0.25) is 15.9 Å². The first-order valence-corrected chi connectivity index (χ1v) is 12.9. The molecule has 6 nitrogen and oxygen atoms in total. The summed E-state index contributed by atoms with van der Waals surface area (Å²) in [5.41, 5.74) is 2.37. The molecule has 0 fully saturated rings. The minimum atomic E-state index is -3.84. The Bertz CT molecular complexity index is 961. The lowest BCUT2D eigenvalue weighted by Crippen LogP contribution is -2.48. The molecule has 8 heteroatoms. The second-order valence-electron chi connectivity index (χ2n) is 7.28. The molecule has 1 aliphatic carbocycles. The second kappa shape index (κ2) is 10.3. The number of rotatable bonds is 9. The fourth-order valence-corrected chi connectivity index (χ4v) is 5.37. The molecular weight excluding hydrogens is 420 g/mol. The fourth-order valence-electron chi connectivity index (χ4n) is 3.67. The van der Waals surface area contributed by atoms with Crippen molar-refractivity contribution >= 4 is 27.7 Å². The smallest absolute Gasteiger partial charge is 0.241 e. The summed E-state index contributed by atoms with van der Waals surface area (Å²) in [6.45, 7) is 0. The van der Waals surface area contributed by atoms with Crippen molar-refractivity contribution in [2.24, 2.45) is 0 Å². The topological polar surface area (TPSA) is 84.5 Å². The molecule has 2 unspecified atom stereocenters. The average molecular weight is 449 g/mol. The van der Waals surface area contributed by atoms with E-state index < -0.39 is 16.1 Å². The highest BCUT2D eigenvalue weighted by Gasteiger charge is 2.29. The first-order valence-electron chi connectivity index (χ1n) is 9.98. The molecule has 0 radical (unpaired) electrons. The van der Waals surface area contributed by atoms with Crippen molar-refractivity contribution in [3.05, 3.63) is 59.7 Å². The Morgan fingerprint density at radius 1 is 1.20 bits per heavy atom. The van der Waals surface area contributed by atoms with Crippen molar-refractivity contribution in [3.8, 4) is 5.75 Å². The third-order valence-corrected chi connectivity index (χ3v) is 7.41. The van der Waals surface area contributed by atoms with Crippen LogP contribution in [0.25, 0.3) is 0 Å². The van der Waals surface area contributed by atoms with Gasteiger partial charge in [-0.2, -0.15) is 16.5 Å². The van der Waals surface area contributed by atoms with E-state index >= 15 is 0 Å². The van der Waals surface area contributed by atoms with Crippen LogP contribution in [0.3, 0.4) is 0 Å².